The smallest absolute Gasteiger partial charge is 0.341 e. The lowest BCUT2D eigenvalue weighted by Gasteiger charge is -2.30. The van der Waals surface area contributed by atoms with Crippen LogP contribution in [0.15, 0.2) is 18.2 Å². The lowest BCUT2D eigenvalue weighted by Crippen LogP contribution is -2.44. The monoisotopic (exact) mass is 393 g/mol. The highest BCUT2D eigenvalue weighted by molar-refractivity contribution is 5.99. The molecule has 1 atom stereocenters. The zero-order valence-corrected chi connectivity index (χ0v) is 18.3. The Bertz CT molecular complexity index is 656. The van der Waals surface area contributed by atoms with E-state index < -0.39 is 11.6 Å². The molecule has 1 aromatic rings. The largest absolute Gasteiger partial charge is 0.492 e. The molecule has 0 fully saturated rings. The molecular weight excluding hydrogens is 358 g/mol. The number of carbonyl (C=O) groups is 2. The fraction of sp³-hybridized carbons (Fsp3) is 0.636. The van der Waals surface area contributed by atoms with Gasteiger partial charge >= 0.3 is 5.97 Å². The number of ether oxygens (including phenoxy) is 3. The van der Waals surface area contributed by atoms with Crippen molar-refractivity contribution in [2.45, 2.75) is 60.0 Å². The number of carbonyl (C=O) groups excluding carboxylic acids is 2. The van der Waals surface area contributed by atoms with Gasteiger partial charge in [0.15, 0.2) is 0 Å². The van der Waals surface area contributed by atoms with Crippen molar-refractivity contribution < 1.29 is 23.8 Å². The van der Waals surface area contributed by atoms with E-state index in [9.17, 15) is 9.59 Å². The van der Waals surface area contributed by atoms with Crippen LogP contribution in [0.25, 0.3) is 0 Å². The molecule has 1 aromatic carbocycles. The Morgan fingerprint density at radius 2 is 1.82 bits per heavy atom. The van der Waals surface area contributed by atoms with E-state index >= 15 is 0 Å². The summed E-state index contributed by atoms with van der Waals surface area (Å²) in [5.41, 5.74) is -0.166. The summed E-state index contributed by atoms with van der Waals surface area (Å²) in [6, 6.07) is 4.97. The van der Waals surface area contributed by atoms with Crippen LogP contribution in [0.4, 0.5) is 5.69 Å². The summed E-state index contributed by atoms with van der Waals surface area (Å²) >= 11 is 0. The molecule has 0 saturated carbocycles. The van der Waals surface area contributed by atoms with Crippen LogP contribution in [-0.2, 0) is 14.3 Å². The summed E-state index contributed by atoms with van der Waals surface area (Å²) in [6.07, 6.45) is 1.42. The Hall–Kier alpha value is -2.08. The number of esters is 1. The van der Waals surface area contributed by atoms with E-state index in [-0.39, 0.29) is 11.5 Å². The maximum atomic E-state index is 12.9. The van der Waals surface area contributed by atoms with Gasteiger partial charge in [0.1, 0.15) is 16.9 Å². The van der Waals surface area contributed by atoms with E-state index in [0.717, 1.165) is 6.42 Å². The third-order valence-corrected chi connectivity index (χ3v) is 4.12. The van der Waals surface area contributed by atoms with Gasteiger partial charge in [-0.2, -0.15) is 0 Å². The molecule has 158 valence electrons. The molecule has 0 saturated heterocycles. The molecule has 0 aliphatic carbocycles. The van der Waals surface area contributed by atoms with Crippen molar-refractivity contribution in [1.29, 1.82) is 0 Å². The molecule has 6 heteroatoms. The summed E-state index contributed by atoms with van der Waals surface area (Å²) in [4.78, 5) is 25.1. The maximum absolute atomic E-state index is 12.9. The Labute approximate surface area is 168 Å². The van der Waals surface area contributed by atoms with E-state index in [4.69, 9.17) is 14.2 Å². The van der Waals surface area contributed by atoms with Gasteiger partial charge in [-0.25, -0.2) is 4.79 Å². The van der Waals surface area contributed by atoms with Gasteiger partial charge in [0.05, 0.1) is 13.7 Å². The van der Waals surface area contributed by atoms with Gasteiger partial charge in [0.2, 0.25) is 0 Å². The van der Waals surface area contributed by atoms with Crippen LogP contribution < -0.4 is 10.1 Å². The standard InChI is InChI=1S/C22H35NO5/c1-8-11-28-22(6,13-15(2)3)21(25)23-17-9-10-19(27-14-16(4)5)18(12-17)20(24)26-7/h9-10,12,15-16H,8,11,13-14H2,1-7H3,(H,23,25)/t22-/m0/s1. The van der Waals surface area contributed by atoms with E-state index in [0.29, 0.717) is 42.9 Å². The first-order chi connectivity index (χ1) is 13.1. The first kappa shape index (κ1) is 24.0. The van der Waals surface area contributed by atoms with Crippen LogP contribution >= 0.6 is 0 Å². The minimum absolute atomic E-state index is 0.235. The molecule has 0 spiro atoms. The first-order valence-electron chi connectivity index (χ1n) is 9.93. The molecule has 0 heterocycles. The van der Waals surface area contributed by atoms with Gasteiger partial charge in [0.25, 0.3) is 5.91 Å². The number of anilines is 1. The van der Waals surface area contributed by atoms with E-state index in [2.05, 4.69) is 19.2 Å². The predicted molar refractivity (Wildman–Crippen MR) is 111 cm³/mol. The SMILES string of the molecule is CCCO[C@@](C)(CC(C)C)C(=O)Nc1ccc(OCC(C)C)c(C(=O)OC)c1. The Balaban J connectivity index is 3.08. The fourth-order valence-electron chi connectivity index (χ4n) is 2.85. The number of hydrogen-bond donors (Lipinski definition) is 1. The van der Waals surface area contributed by atoms with Crippen LogP contribution in [-0.4, -0.2) is 37.8 Å². The van der Waals surface area contributed by atoms with Crippen molar-refractivity contribution in [1.82, 2.24) is 0 Å². The average Bonchev–Trinajstić information content (AvgIpc) is 2.63. The molecule has 0 aliphatic rings. The molecule has 28 heavy (non-hydrogen) atoms. The number of rotatable bonds is 11. The molecule has 1 rings (SSSR count). The van der Waals surface area contributed by atoms with Crippen LogP contribution in [0.1, 0.15) is 64.7 Å². The van der Waals surface area contributed by atoms with Crippen molar-refractivity contribution in [2.75, 3.05) is 25.6 Å². The van der Waals surface area contributed by atoms with Gasteiger partial charge < -0.3 is 19.5 Å². The zero-order valence-electron chi connectivity index (χ0n) is 18.3. The summed E-state index contributed by atoms with van der Waals surface area (Å²) in [7, 11) is 1.32. The maximum Gasteiger partial charge on any atom is 0.341 e. The number of hydrogen-bond acceptors (Lipinski definition) is 5. The summed E-state index contributed by atoms with van der Waals surface area (Å²) < 4.78 is 16.5. The number of benzene rings is 1. The van der Waals surface area contributed by atoms with Crippen LogP contribution in [0.2, 0.25) is 0 Å². The third kappa shape index (κ3) is 7.15. The Morgan fingerprint density at radius 1 is 1.14 bits per heavy atom. The normalized spacial score (nSPS) is 13.3. The van der Waals surface area contributed by atoms with E-state index in [1.54, 1.807) is 25.1 Å². The Kier molecular flexibility index (Phi) is 9.46. The highest BCUT2D eigenvalue weighted by Gasteiger charge is 2.35. The van der Waals surface area contributed by atoms with Gasteiger partial charge in [-0.1, -0.05) is 34.6 Å². The molecule has 0 unspecified atom stereocenters. The van der Waals surface area contributed by atoms with Crippen LogP contribution in [0.5, 0.6) is 5.75 Å². The van der Waals surface area contributed by atoms with Crippen molar-refractivity contribution in [3.05, 3.63) is 23.8 Å². The average molecular weight is 394 g/mol. The quantitative estimate of drug-likeness (QED) is 0.553. The van der Waals surface area contributed by atoms with Crippen LogP contribution in [0, 0.1) is 11.8 Å². The molecule has 6 nitrogen and oxygen atoms in total. The lowest BCUT2D eigenvalue weighted by molar-refractivity contribution is -0.141. The molecular formula is C22H35NO5. The van der Waals surface area contributed by atoms with Crippen molar-refractivity contribution >= 4 is 17.6 Å². The predicted octanol–water partition coefficient (Wildman–Crippen LogP) is 4.68. The molecule has 0 aliphatic heterocycles. The van der Waals surface area contributed by atoms with Crippen molar-refractivity contribution in [3.8, 4) is 5.75 Å². The lowest BCUT2D eigenvalue weighted by atomic mass is 9.93. The molecule has 0 bridgehead atoms. The summed E-state index contributed by atoms with van der Waals surface area (Å²) in [5, 5.41) is 2.88. The topological polar surface area (TPSA) is 73.9 Å². The Morgan fingerprint density at radius 3 is 2.36 bits per heavy atom. The van der Waals surface area contributed by atoms with Gasteiger partial charge in [0, 0.05) is 12.3 Å². The summed E-state index contributed by atoms with van der Waals surface area (Å²) in [5.74, 6) is 0.302. The molecule has 0 aromatic heterocycles. The number of amides is 1. The third-order valence-electron chi connectivity index (χ3n) is 4.12. The highest BCUT2D eigenvalue weighted by atomic mass is 16.5. The molecule has 1 amide bonds. The van der Waals surface area contributed by atoms with Gasteiger partial charge in [-0.05, 0) is 49.8 Å². The fourth-order valence-corrected chi connectivity index (χ4v) is 2.85. The molecule has 1 N–H and O–H groups in total. The first-order valence-corrected chi connectivity index (χ1v) is 9.93. The highest BCUT2D eigenvalue weighted by Crippen LogP contribution is 2.27. The van der Waals surface area contributed by atoms with Crippen LogP contribution in [0.3, 0.4) is 0 Å². The summed E-state index contributed by atoms with van der Waals surface area (Å²) in [6.45, 7) is 13.0. The minimum Gasteiger partial charge on any atom is -0.492 e. The second kappa shape index (κ2) is 11.1. The van der Waals surface area contributed by atoms with Crippen molar-refractivity contribution in [2.24, 2.45) is 11.8 Å². The minimum atomic E-state index is -0.942. The molecule has 0 radical (unpaired) electrons. The van der Waals surface area contributed by atoms with Gasteiger partial charge in [-0.15, -0.1) is 0 Å². The zero-order chi connectivity index (χ0) is 21.3. The van der Waals surface area contributed by atoms with Crippen molar-refractivity contribution in [3.63, 3.8) is 0 Å². The van der Waals surface area contributed by atoms with E-state index in [1.165, 1.54) is 7.11 Å². The number of methoxy groups -OCH3 is 1. The van der Waals surface area contributed by atoms with Gasteiger partial charge in [-0.3, -0.25) is 4.79 Å². The van der Waals surface area contributed by atoms with E-state index in [1.807, 2.05) is 20.8 Å². The second-order valence-electron chi connectivity index (χ2n) is 8.04. The number of nitrogens with one attached hydrogen (secondary N) is 1. The second-order valence-corrected chi connectivity index (χ2v) is 8.04.